The van der Waals surface area contributed by atoms with Crippen LogP contribution in [0.25, 0.3) is 101 Å². The average molecular weight is 704 g/mol. The van der Waals surface area contributed by atoms with E-state index in [1.165, 1.54) is 33.4 Å². The molecule has 258 valence electrons. The van der Waals surface area contributed by atoms with E-state index in [0.29, 0.717) is 17.5 Å². The Bertz CT molecular complexity index is 2820. The number of hydrogen-bond acceptors (Lipinski definition) is 4. The maximum absolute atomic E-state index is 6.34. The maximum atomic E-state index is 6.34. The first-order valence-corrected chi connectivity index (χ1v) is 18.4. The van der Waals surface area contributed by atoms with Crippen LogP contribution in [-0.4, -0.2) is 15.0 Å². The fourth-order valence-corrected chi connectivity index (χ4v) is 7.28. The summed E-state index contributed by atoms with van der Waals surface area (Å²) in [6.45, 7) is 0. The number of furan rings is 1. The molecule has 10 rings (SSSR count). The van der Waals surface area contributed by atoms with Crippen molar-refractivity contribution >= 4 is 21.9 Å². The molecule has 4 heteroatoms. The summed E-state index contributed by atoms with van der Waals surface area (Å²) < 4.78 is 6.34. The second-order valence-electron chi connectivity index (χ2n) is 13.7. The molecule has 10 aromatic rings. The van der Waals surface area contributed by atoms with E-state index in [4.69, 9.17) is 19.4 Å². The van der Waals surface area contributed by atoms with Gasteiger partial charge in [-0.25, -0.2) is 15.0 Å². The van der Waals surface area contributed by atoms with Crippen molar-refractivity contribution in [3.63, 3.8) is 0 Å². The molecule has 0 N–H and O–H groups in total. The summed E-state index contributed by atoms with van der Waals surface area (Å²) in [6, 6.07) is 69.6. The zero-order valence-electron chi connectivity index (χ0n) is 29.8. The van der Waals surface area contributed by atoms with Gasteiger partial charge < -0.3 is 4.42 Å². The second kappa shape index (κ2) is 13.8. The van der Waals surface area contributed by atoms with Gasteiger partial charge in [0.05, 0.1) is 0 Å². The van der Waals surface area contributed by atoms with Gasteiger partial charge in [-0.05, 0) is 93.0 Å². The molecule has 55 heavy (non-hydrogen) atoms. The van der Waals surface area contributed by atoms with Gasteiger partial charge in [0.2, 0.25) is 0 Å². The smallest absolute Gasteiger partial charge is 0.164 e. The van der Waals surface area contributed by atoms with E-state index in [0.717, 1.165) is 49.8 Å². The fraction of sp³-hybridized carbons (Fsp3) is 0. The van der Waals surface area contributed by atoms with Crippen molar-refractivity contribution in [2.24, 2.45) is 0 Å². The Labute approximate surface area is 319 Å². The Hall–Kier alpha value is -7.43. The van der Waals surface area contributed by atoms with Gasteiger partial charge in [0, 0.05) is 27.5 Å². The fourth-order valence-electron chi connectivity index (χ4n) is 7.28. The molecule has 0 aliphatic rings. The van der Waals surface area contributed by atoms with E-state index in [1.807, 2.05) is 72.8 Å². The summed E-state index contributed by atoms with van der Waals surface area (Å²) in [4.78, 5) is 14.8. The highest BCUT2D eigenvalue weighted by molar-refractivity contribution is 6.07. The van der Waals surface area contributed by atoms with Crippen LogP contribution in [0.1, 0.15) is 0 Å². The van der Waals surface area contributed by atoms with Gasteiger partial charge in [-0.1, -0.05) is 152 Å². The topological polar surface area (TPSA) is 51.8 Å². The highest BCUT2D eigenvalue weighted by Crippen LogP contribution is 2.37. The SMILES string of the molecule is c1ccc(-c2cc(-c3ccccc3)cc(-c3ccc(-c4ccc5oc6ccc(-c7nc(-c8ccccc8)nc(-c8ccccc8)n7)cc6c5c4)cc3)c2)cc1. The molecule has 0 fully saturated rings. The number of aromatic nitrogens is 3. The minimum absolute atomic E-state index is 0.613. The van der Waals surface area contributed by atoms with Crippen LogP contribution in [-0.2, 0) is 0 Å². The van der Waals surface area contributed by atoms with Crippen LogP contribution < -0.4 is 0 Å². The third-order valence-electron chi connectivity index (χ3n) is 10.1. The minimum atomic E-state index is 0.613. The molecular formula is C51H33N3O. The van der Waals surface area contributed by atoms with Gasteiger partial charge >= 0.3 is 0 Å². The second-order valence-corrected chi connectivity index (χ2v) is 13.7. The van der Waals surface area contributed by atoms with E-state index >= 15 is 0 Å². The Kier molecular flexibility index (Phi) is 8.12. The van der Waals surface area contributed by atoms with Crippen molar-refractivity contribution in [3.05, 3.63) is 200 Å². The van der Waals surface area contributed by atoms with Crippen LogP contribution >= 0.6 is 0 Å². The molecule has 4 nitrogen and oxygen atoms in total. The zero-order chi connectivity index (χ0) is 36.6. The van der Waals surface area contributed by atoms with E-state index in [9.17, 15) is 0 Å². The molecule has 8 aromatic carbocycles. The van der Waals surface area contributed by atoms with Crippen molar-refractivity contribution in [1.82, 2.24) is 15.0 Å². The van der Waals surface area contributed by atoms with Gasteiger partial charge in [0.25, 0.3) is 0 Å². The molecule has 2 heterocycles. The Morgan fingerprint density at radius 1 is 0.236 bits per heavy atom. The number of nitrogens with zero attached hydrogens (tertiary/aromatic N) is 3. The molecule has 0 unspecified atom stereocenters. The summed E-state index contributed by atoms with van der Waals surface area (Å²) in [6.07, 6.45) is 0. The maximum Gasteiger partial charge on any atom is 0.164 e. The molecule has 0 saturated carbocycles. The monoisotopic (exact) mass is 703 g/mol. The normalized spacial score (nSPS) is 11.3. The van der Waals surface area contributed by atoms with Crippen LogP contribution in [0.5, 0.6) is 0 Å². The van der Waals surface area contributed by atoms with Crippen LogP contribution in [0.4, 0.5) is 0 Å². The van der Waals surface area contributed by atoms with E-state index in [-0.39, 0.29) is 0 Å². The Morgan fingerprint density at radius 3 is 0.982 bits per heavy atom. The standard InChI is InChI=1S/C51H33N3O/c1-5-13-34(14-6-1)42-29-43(35-15-7-2-8-16-35)31-44(30-42)37-23-21-36(22-24-37)40-25-27-47-45(32-40)46-33-41(26-28-48(46)55-47)51-53-49(38-17-9-3-10-18-38)52-50(54-51)39-19-11-4-12-20-39/h1-33H. The van der Waals surface area contributed by atoms with Gasteiger partial charge in [-0.15, -0.1) is 0 Å². The first kappa shape index (κ1) is 32.2. The van der Waals surface area contributed by atoms with Crippen molar-refractivity contribution < 1.29 is 4.42 Å². The third-order valence-corrected chi connectivity index (χ3v) is 10.1. The van der Waals surface area contributed by atoms with Gasteiger partial charge in [-0.2, -0.15) is 0 Å². The highest BCUT2D eigenvalue weighted by Gasteiger charge is 2.16. The molecule has 0 radical (unpaired) electrons. The Morgan fingerprint density at radius 2 is 0.545 bits per heavy atom. The van der Waals surface area contributed by atoms with Crippen LogP contribution in [0.3, 0.4) is 0 Å². The number of benzene rings is 8. The van der Waals surface area contributed by atoms with E-state index in [1.54, 1.807) is 0 Å². The Balaban J connectivity index is 1.02. The van der Waals surface area contributed by atoms with E-state index in [2.05, 4.69) is 127 Å². The summed E-state index contributed by atoms with van der Waals surface area (Å²) in [7, 11) is 0. The predicted octanol–water partition coefficient (Wildman–Crippen LogP) is 13.4. The quantitative estimate of drug-likeness (QED) is 0.166. The first-order chi connectivity index (χ1) is 27.2. The molecule has 0 bridgehead atoms. The molecule has 0 amide bonds. The summed E-state index contributed by atoms with van der Waals surface area (Å²) in [5.41, 5.74) is 13.8. The first-order valence-electron chi connectivity index (χ1n) is 18.4. The third kappa shape index (κ3) is 6.36. The highest BCUT2D eigenvalue weighted by atomic mass is 16.3. The summed E-state index contributed by atoms with van der Waals surface area (Å²) in [5, 5.41) is 2.06. The van der Waals surface area contributed by atoms with Gasteiger partial charge in [0.1, 0.15) is 11.2 Å². The van der Waals surface area contributed by atoms with Crippen LogP contribution in [0.2, 0.25) is 0 Å². The molecule has 0 atom stereocenters. The molecule has 0 spiro atoms. The largest absolute Gasteiger partial charge is 0.456 e. The number of hydrogen-bond donors (Lipinski definition) is 0. The average Bonchev–Trinajstić information content (AvgIpc) is 3.65. The number of fused-ring (bicyclic) bond motifs is 3. The van der Waals surface area contributed by atoms with Crippen LogP contribution in [0.15, 0.2) is 205 Å². The molecule has 0 aliphatic heterocycles. The lowest BCUT2D eigenvalue weighted by atomic mass is 9.92. The summed E-state index contributed by atoms with van der Waals surface area (Å²) in [5.74, 6) is 1.88. The lowest BCUT2D eigenvalue weighted by molar-refractivity contribution is 0.669. The van der Waals surface area contributed by atoms with Crippen LogP contribution in [0, 0.1) is 0 Å². The molecular weight excluding hydrogens is 671 g/mol. The minimum Gasteiger partial charge on any atom is -0.456 e. The van der Waals surface area contributed by atoms with Crippen molar-refractivity contribution in [2.45, 2.75) is 0 Å². The van der Waals surface area contributed by atoms with Crippen molar-refractivity contribution in [3.8, 4) is 78.7 Å². The van der Waals surface area contributed by atoms with Gasteiger partial charge in [0.15, 0.2) is 17.5 Å². The van der Waals surface area contributed by atoms with Crippen molar-refractivity contribution in [2.75, 3.05) is 0 Å². The lowest BCUT2D eigenvalue weighted by Gasteiger charge is -2.12. The van der Waals surface area contributed by atoms with E-state index < -0.39 is 0 Å². The summed E-state index contributed by atoms with van der Waals surface area (Å²) >= 11 is 0. The molecule has 0 aliphatic carbocycles. The van der Waals surface area contributed by atoms with Crippen molar-refractivity contribution in [1.29, 1.82) is 0 Å². The molecule has 0 saturated heterocycles. The van der Waals surface area contributed by atoms with Gasteiger partial charge in [-0.3, -0.25) is 0 Å². The zero-order valence-corrected chi connectivity index (χ0v) is 29.8. The predicted molar refractivity (Wildman–Crippen MR) is 225 cm³/mol. The lowest BCUT2D eigenvalue weighted by Crippen LogP contribution is -2.00. The molecule has 2 aromatic heterocycles. The number of rotatable bonds is 7.